The molecule has 1 aliphatic carbocycles. The summed E-state index contributed by atoms with van der Waals surface area (Å²) in [5.74, 6) is -0.0507. The van der Waals surface area contributed by atoms with Gasteiger partial charge in [-0.15, -0.1) is 0 Å². The molecule has 102 valence electrons. The molecule has 3 rings (SSSR count). The minimum atomic E-state index is -0.0451. The molecule has 1 unspecified atom stereocenters. The molecule has 0 saturated heterocycles. The van der Waals surface area contributed by atoms with Gasteiger partial charge in [0.2, 0.25) is 5.91 Å². The van der Waals surface area contributed by atoms with Gasteiger partial charge in [0.25, 0.3) is 0 Å². The summed E-state index contributed by atoms with van der Waals surface area (Å²) >= 11 is 0. The average molecular weight is 260 g/mol. The summed E-state index contributed by atoms with van der Waals surface area (Å²) in [6, 6.07) is 8.14. The van der Waals surface area contributed by atoms with E-state index in [0.717, 1.165) is 24.9 Å². The maximum Gasteiger partial charge on any atom is 0.248 e. The van der Waals surface area contributed by atoms with Crippen LogP contribution in [0.2, 0.25) is 0 Å². The normalized spacial score (nSPS) is 22.6. The third-order valence-electron chi connectivity index (χ3n) is 4.02. The molecule has 1 atom stereocenters. The predicted molar refractivity (Wildman–Crippen MR) is 73.6 cm³/mol. The number of amides is 1. The van der Waals surface area contributed by atoms with E-state index < -0.39 is 0 Å². The predicted octanol–water partition coefficient (Wildman–Crippen LogP) is 2.26. The van der Waals surface area contributed by atoms with Crippen LogP contribution in [0.1, 0.15) is 31.2 Å². The minimum Gasteiger partial charge on any atom is -0.384 e. The van der Waals surface area contributed by atoms with Crippen LogP contribution in [0.15, 0.2) is 24.3 Å². The van der Waals surface area contributed by atoms with Crippen LogP contribution < -0.4 is 10.8 Å². The second-order valence-corrected chi connectivity index (χ2v) is 5.43. The SMILES string of the molecule is O=C(NOC1CCCC1)C1CNc2ccccc2C1. The highest BCUT2D eigenvalue weighted by Crippen LogP contribution is 2.24. The average Bonchev–Trinajstić information content (AvgIpc) is 2.97. The molecule has 0 spiro atoms. The van der Waals surface area contributed by atoms with Gasteiger partial charge in [0.05, 0.1) is 12.0 Å². The minimum absolute atomic E-state index is 0.00565. The van der Waals surface area contributed by atoms with Crippen LogP contribution in [0.3, 0.4) is 0 Å². The fourth-order valence-corrected chi connectivity index (χ4v) is 2.86. The van der Waals surface area contributed by atoms with Gasteiger partial charge in [0, 0.05) is 12.2 Å². The first kappa shape index (κ1) is 12.5. The van der Waals surface area contributed by atoms with Crippen LogP contribution in [0.25, 0.3) is 0 Å². The highest BCUT2D eigenvalue weighted by Gasteiger charge is 2.25. The van der Waals surface area contributed by atoms with Gasteiger partial charge in [0.1, 0.15) is 0 Å². The number of nitrogens with one attached hydrogen (secondary N) is 2. The van der Waals surface area contributed by atoms with E-state index in [1.54, 1.807) is 0 Å². The van der Waals surface area contributed by atoms with E-state index >= 15 is 0 Å². The smallest absolute Gasteiger partial charge is 0.248 e. The monoisotopic (exact) mass is 260 g/mol. The summed E-state index contributed by atoms with van der Waals surface area (Å²) in [5.41, 5.74) is 4.99. The molecule has 0 aromatic heterocycles. The molecular formula is C15H20N2O2. The molecule has 0 bridgehead atoms. The van der Waals surface area contributed by atoms with E-state index in [0.29, 0.717) is 6.54 Å². The van der Waals surface area contributed by atoms with Gasteiger partial charge in [-0.2, -0.15) is 0 Å². The van der Waals surface area contributed by atoms with Gasteiger partial charge in [-0.3, -0.25) is 9.63 Å². The lowest BCUT2D eigenvalue weighted by molar-refractivity contribution is -0.142. The molecule has 4 nitrogen and oxygen atoms in total. The summed E-state index contributed by atoms with van der Waals surface area (Å²) in [6.07, 6.45) is 5.53. The molecule has 0 radical (unpaired) electrons. The molecule has 2 N–H and O–H groups in total. The van der Waals surface area contributed by atoms with Crippen molar-refractivity contribution in [2.75, 3.05) is 11.9 Å². The molecule has 1 saturated carbocycles. The second-order valence-electron chi connectivity index (χ2n) is 5.43. The second kappa shape index (κ2) is 5.61. The molecule has 4 heteroatoms. The Morgan fingerprint density at radius 3 is 2.89 bits per heavy atom. The number of benzene rings is 1. The van der Waals surface area contributed by atoms with Crippen molar-refractivity contribution in [3.63, 3.8) is 0 Å². The Bertz CT molecular complexity index is 455. The van der Waals surface area contributed by atoms with Crippen molar-refractivity contribution >= 4 is 11.6 Å². The molecule has 1 fully saturated rings. The highest BCUT2D eigenvalue weighted by atomic mass is 16.7. The Morgan fingerprint density at radius 2 is 2.05 bits per heavy atom. The van der Waals surface area contributed by atoms with Gasteiger partial charge in [-0.25, -0.2) is 5.48 Å². The van der Waals surface area contributed by atoms with E-state index in [2.05, 4.69) is 22.9 Å². The van der Waals surface area contributed by atoms with Crippen molar-refractivity contribution in [3.8, 4) is 0 Å². The summed E-state index contributed by atoms with van der Waals surface area (Å²) in [6.45, 7) is 0.677. The number of hydrogen-bond acceptors (Lipinski definition) is 3. The standard InChI is InChI=1S/C15H20N2O2/c18-15(17-19-13-6-2-3-7-13)12-9-11-5-1-4-8-14(11)16-10-12/h1,4-5,8,12-13,16H,2-3,6-7,9-10H2,(H,17,18). The fraction of sp³-hybridized carbons (Fsp3) is 0.533. The Kier molecular flexibility index (Phi) is 3.69. The number of rotatable bonds is 3. The number of para-hydroxylation sites is 1. The molecule has 1 aromatic rings. The lowest BCUT2D eigenvalue weighted by atomic mass is 9.93. The number of anilines is 1. The van der Waals surface area contributed by atoms with Gasteiger partial charge in [-0.1, -0.05) is 31.0 Å². The van der Waals surface area contributed by atoms with Crippen molar-refractivity contribution in [2.24, 2.45) is 5.92 Å². The van der Waals surface area contributed by atoms with Gasteiger partial charge in [-0.05, 0) is 30.9 Å². The maximum atomic E-state index is 12.1. The first-order chi connectivity index (χ1) is 9.33. The summed E-state index contributed by atoms with van der Waals surface area (Å²) in [5, 5.41) is 3.31. The van der Waals surface area contributed by atoms with Crippen molar-refractivity contribution in [1.29, 1.82) is 0 Å². The Labute approximate surface area is 113 Å². The van der Waals surface area contributed by atoms with Crippen molar-refractivity contribution in [3.05, 3.63) is 29.8 Å². The van der Waals surface area contributed by atoms with Crippen molar-refractivity contribution < 1.29 is 9.63 Å². The zero-order valence-electron chi connectivity index (χ0n) is 11.0. The van der Waals surface area contributed by atoms with E-state index in [-0.39, 0.29) is 17.9 Å². The molecule has 2 aliphatic rings. The molecule has 1 aromatic carbocycles. The van der Waals surface area contributed by atoms with E-state index in [9.17, 15) is 4.79 Å². The summed E-state index contributed by atoms with van der Waals surface area (Å²) in [4.78, 5) is 17.6. The third kappa shape index (κ3) is 2.89. The quantitative estimate of drug-likeness (QED) is 0.820. The van der Waals surface area contributed by atoms with Crippen molar-refractivity contribution in [1.82, 2.24) is 5.48 Å². The molecule has 19 heavy (non-hydrogen) atoms. The first-order valence-corrected chi connectivity index (χ1v) is 7.10. The van der Waals surface area contributed by atoms with Gasteiger partial charge in [0.15, 0.2) is 0 Å². The molecule has 1 aliphatic heterocycles. The number of hydroxylamine groups is 1. The van der Waals surface area contributed by atoms with E-state index in [1.165, 1.54) is 18.4 Å². The lowest BCUT2D eigenvalue weighted by Crippen LogP contribution is -2.39. The summed E-state index contributed by atoms with van der Waals surface area (Å²) < 4.78 is 0. The Morgan fingerprint density at radius 1 is 1.26 bits per heavy atom. The fourth-order valence-electron chi connectivity index (χ4n) is 2.86. The first-order valence-electron chi connectivity index (χ1n) is 7.10. The number of fused-ring (bicyclic) bond motifs is 1. The zero-order valence-corrected chi connectivity index (χ0v) is 11.0. The van der Waals surface area contributed by atoms with Crippen LogP contribution in [0.5, 0.6) is 0 Å². The number of hydrogen-bond donors (Lipinski definition) is 2. The maximum absolute atomic E-state index is 12.1. The van der Waals surface area contributed by atoms with Gasteiger partial charge < -0.3 is 5.32 Å². The van der Waals surface area contributed by atoms with Crippen LogP contribution in [-0.4, -0.2) is 18.6 Å². The Hall–Kier alpha value is -1.55. The molecule has 1 heterocycles. The Balaban J connectivity index is 1.54. The van der Waals surface area contributed by atoms with E-state index in [4.69, 9.17) is 4.84 Å². The molecular weight excluding hydrogens is 240 g/mol. The largest absolute Gasteiger partial charge is 0.384 e. The lowest BCUT2D eigenvalue weighted by Gasteiger charge is -2.25. The van der Waals surface area contributed by atoms with Crippen LogP contribution in [0.4, 0.5) is 5.69 Å². The highest BCUT2D eigenvalue weighted by molar-refractivity contribution is 5.79. The topological polar surface area (TPSA) is 50.4 Å². The van der Waals surface area contributed by atoms with E-state index in [1.807, 2.05) is 12.1 Å². The molecule has 1 amide bonds. The summed E-state index contributed by atoms with van der Waals surface area (Å²) in [7, 11) is 0. The van der Waals surface area contributed by atoms with Crippen LogP contribution in [-0.2, 0) is 16.1 Å². The van der Waals surface area contributed by atoms with Gasteiger partial charge >= 0.3 is 0 Å². The zero-order chi connectivity index (χ0) is 13.1. The number of carbonyl (C=O) groups is 1. The third-order valence-corrected chi connectivity index (χ3v) is 4.02. The number of carbonyl (C=O) groups excluding carboxylic acids is 1. The van der Waals surface area contributed by atoms with Crippen LogP contribution >= 0.6 is 0 Å². The van der Waals surface area contributed by atoms with Crippen LogP contribution in [0, 0.1) is 5.92 Å². The van der Waals surface area contributed by atoms with Crippen molar-refractivity contribution in [2.45, 2.75) is 38.2 Å².